The zero-order valence-corrected chi connectivity index (χ0v) is 9.99. The van der Waals surface area contributed by atoms with Crippen LogP contribution in [0.5, 0.6) is 0 Å². The minimum Gasteiger partial charge on any atom is -0.348 e. The van der Waals surface area contributed by atoms with Gasteiger partial charge in [-0.05, 0) is 24.3 Å². The molecule has 0 unspecified atom stereocenters. The van der Waals surface area contributed by atoms with Gasteiger partial charge in [0.2, 0.25) is 0 Å². The summed E-state index contributed by atoms with van der Waals surface area (Å²) in [6.07, 6.45) is -4.06. The van der Waals surface area contributed by atoms with E-state index in [9.17, 15) is 22.8 Å². The maximum atomic E-state index is 12.8. The minimum atomic E-state index is -4.56. The second-order valence-electron chi connectivity index (χ2n) is 3.94. The standard InChI is InChI=1S/C13H9F3N2O2/c14-13(15,16)9-3-1-2-4-10(9)18-12(20)11-6-5-8(7-19)17-11/h1-7,17H,(H,18,20). The molecule has 104 valence electrons. The van der Waals surface area contributed by atoms with Gasteiger partial charge in [-0.25, -0.2) is 0 Å². The molecule has 2 rings (SSSR count). The second-order valence-corrected chi connectivity index (χ2v) is 3.94. The molecule has 2 aromatic rings. The number of amides is 1. The van der Waals surface area contributed by atoms with Crippen molar-refractivity contribution in [1.29, 1.82) is 0 Å². The van der Waals surface area contributed by atoms with Gasteiger partial charge >= 0.3 is 6.18 Å². The van der Waals surface area contributed by atoms with E-state index >= 15 is 0 Å². The van der Waals surface area contributed by atoms with Gasteiger partial charge < -0.3 is 10.3 Å². The first-order valence-corrected chi connectivity index (χ1v) is 5.53. The molecule has 1 heterocycles. The monoisotopic (exact) mass is 282 g/mol. The topological polar surface area (TPSA) is 62.0 Å². The molecule has 1 aromatic heterocycles. The van der Waals surface area contributed by atoms with Crippen molar-refractivity contribution in [3.8, 4) is 0 Å². The molecular formula is C13H9F3N2O2. The number of hydrogen-bond acceptors (Lipinski definition) is 2. The minimum absolute atomic E-state index is 0.00378. The van der Waals surface area contributed by atoms with Crippen LogP contribution in [0.25, 0.3) is 0 Å². The number of halogens is 3. The van der Waals surface area contributed by atoms with E-state index in [4.69, 9.17) is 0 Å². The number of nitrogens with one attached hydrogen (secondary N) is 2. The Hall–Kier alpha value is -2.57. The Bertz CT molecular complexity index is 647. The van der Waals surface area contributed by atoms with E-state index in [0.717, 1.165) is 12.1 Å². The molecule has 4 nitrogen and oxygen atoms in total. The summed E-state index contributed by atoms with van der Waals surface area (Å²) in [5.74, 6) is -0.755. The number of H-pyrrole nitrogens is 1. The molecule has 0 spiro atoms. The number of rotatable bonds is 3. The fourth-order valence-corrected chi connectivity index (χ4v) is 1.64. The van der Waals surface area contributed by atoms with Gasteiger partial charge in [-0.3, -0.25) is 9.59 Å². The fourth-order valence-electron chi connectivity index (χ4n) is 1.64. The van der Waals surface area contributed by atoms with E-state index < -0.39 is 17.6 Å². The lowest BCUT2D eigenvalue weighted by molar-refractivity contribution is -0.136. The van der Waals surface area contributed by atoms with Gasteiger partial charge in [0.15, 0.2) is 6.29 Å². The highest BCUT2D eigenvalue weighted by Crippen LogP contribution is 2.34. The number of aromatic nitrogens is 1. The Morgan fingerprint density at radius 3 is 2.45 bits per heavy atom. The van der Waals surface area contributed by atoms with Crippen molar-refractivity contribution >= 4 is 17.9 Å². The van der Waals surface area contributed by atoms with Crippen LogP contribution in [0.4, 0.5) is 18.9 Å². The Kier molecular flexibility index (Phi) is 3.60. The summed E-state index contributed by atoms with van der Waals surface area (Å²) in [4.78, 5) is 24.8. The van der Waals surface area contributed by atoms with Crippen LogP contribution in [0, 0.1) is 0 Å². The summed E-state index contributed by atoms with van der Waals surface area (Å²) in [5, 5.41) is 2.16. The molecule has 2 N–H and O–H groups in total. The highest BCUT2D eigenvalue weighted by atomic mass is 19.4. The van der Waals surface area contributed by atoms with E-state index in [1.807, 2.05) is 0 Å². The number of carbonyl (C=O) groups excluding carboxylic acids is 2. The zero-order valence-electron chi connectivity index (χ0n) is 9.99. The van der Waals surface area contributed by atoms with E-state index in [1.54, 1.807) is 0 Å². The average molecular weight is 282 g/mol. The number of aromatic amines is 1. The maximum absolute atomic E-state index is 12.8. The van der Waals surface area contributed by atoms with Crippen LogP contribution in [-0.4, -0.2) is 17.2 Å². The first-order valence-electron chi connectivity index (χ1n) is 5.53. The van der Waals surface area contributed by atoms with Crippen LogP contribution in [0.1, 0.15) is 26.5 Å². The molecule has 0 aliphatic carbocycles. The van der Waals surface area contributed by atoms with Crippen LogP contribution in [0.3, 0.4) is 0 Å². The Morgan fingerprint density at radius 1 is 1.15 bits per heavy atom. The molecule has 0 saturated heterocycles. The average Bonchev–Trinajstić information content (AvgIpc) is 2.87. The summed E-state index contributed by atoms with van der Waals surface area (Å²) < 4.78 is 38.3. The predicted octanol–water partition coefficient (Wildman–Crippen LogP) is 3.10. The number of carbonyl (C=O) groups is 2. The lowest BCUT2D eigenvalue weighted by Gasteiger charge is -2.12. The van der Waals surface area contributed by atoms with Gasteiger partial charge in [0, 0.05) is 0 Å². The van der Waals surface area contributed by atoms with E-state index in [-0.39, 0.29) is 17.1 Å². The van der Waals surface area contributed by atoms with Gasteiger partial charge in [0.05, 0.1) is 16.9 Å². The molecule has 0 radical (unpaired) electrons. The molecule has 0 fully saturated rings. The normalized spacial score (nSPS) is 11.2. The number of para-hydroxylation sites is 1. The second kappa shape index (κ2) is 5.20. The lowest BCUT2D eigenvalue weighted by atomic mass is 10.1. The predicted molar refractivity (Wildman–Crippen MR) is 65.6 cm³/mol. The highest BCUT2D eigenvalue weighted by molar-refractivity contribution is 6.04. The molecular weight excluding hydrogens is 273 g/mol. The van der Waals surface area contributed by atoms with Gasteiger partial charge in [0.1, 0.15) is 5.69 Å². The van der Waals surface area contributed by atoms with Crippen molar-refractivity contribution in [3.63, 3.8) is 0 Å². The number of aldehydes is 1. The van der Waals surface area contributed by atoms with Crippen molar-refractivity contribution in [3.05, 3.63) is 53.3 Å². The van der Waals surface area contributed by atoms with Gasteiger partial charge in [0.25, 0.3) is 5.91 Å². The van der Waals surface area contributed by atoms with E-state index in [1.165, 1.54) is 24.3 Å². The van der Waals surface area contributed by atoms with E-state index in [0.29, 0.717) is 6.29 Å². The molecule has 0 bridgehead atoms. The van der Waals surface area contributed by atoms with Crippen molar-refractivity contribution in [1.82, 2.24) is 4.98 Å². The zero-order chi connectivity index (χ0) is 14.8. The Balaban J connectivity index is 2.26. The highest BCUT2D eigenvalue weighted by Gasteiger charge is 2.33. The van der Waals surface area contributed by atoms with Crippen LogP contribution in [-0.2, 0) is 6.18 Å². The molecule has 7 heteroatoms. The summed E-state index contributed by atoms with van der Waals surface area (Å²) in [5.41, 5.74) is -1.11. The third-order valence-electron chi connectivity index (χ3n) is 2.56. The SMILES string of the molecule is O=Cc1ccc(C(=O)Nc2ccccc2C(F)(F)F)[nH]1. The summed E-state index contributed by atoms with van der Waals surface area (Å²) in [6.45, 7) is 0. The maximum Gasteiger partial charge on any atom is 0.418 e. The number of anilines is 1. The molecule has 20 heavy (non-hydrogen) atoms. The third-order valence-corrected chi connectivity index (χ3v) is 2.56. The summed E-state index contributed by atoms with van der Waals surface area (Å²) >= 11 is 0. The van der Waals surface area contributed by atoms with Crippen LogP contribution in [0.15, 0.2) is 36.4 Å². The summed E-state index contributed by atoms with van der Waals surface area (Å²) in [6, 6.07) is 7.33. The van der Waals surface area contributed by atoms with Gasteiger partial charge in [-0.1, -0.05) is 12.1 Å². The van der Waals surface area contributed by atoms with E-state index in [2.05, 4.69) is 10.3 Å². The quantitative estimate of drug-likeness (QED) is 0.850. The fraction of sp³-hybridized carbons (Fsp3) is 0.0769. The van der Waals surface area contributed by atoms with Gasteiger partial charge in [-0.2, -0.15) is 13.2 Å². The first-order chi connectivity index (χ1) is 9.41. The molecule has 1 aromatic carbocycles. The number of benzene rings is 1. The summed E-state index contributed by atoms with van der Waals surface area (Å²) in [7, 11) is 0. The molecule has 0 atom stereocenters. The third kappa shape index (κ3) is 2.87. The first kappa shape index (κ1) is 13.9. The van der Waals surface area contributed by atoms with Crippen LogP contribution >= 0.6 is 0 Å². The van der Waals surface area contributed by atoms with Crippen molar-refractivity contribution in [2.75, 3.05) is 5.32 Å². The lowest BCUT2D eigenvalue weighted by Crippen LogP contribution is -2.17. The molecule has 0 aliphatic rings. The Labute approximate surface area is 111 Å². The van der Waals surface area contributed by atoms with Crippen LogP contribution < -0.4 is 5.32 Å². The van der Waals surface area contributed by atoms with Crippen molar-refractivity contribution < 1.29 is 22.8 Å². The molecule has 0 saturated carbocycles. The number of alkyl halides is 3. The van der Waals surface area contributed by atoms with Gasteiger partial charge in [-0.15, -0.1) is 0 Å². The van der Waals surface area contributed by atoms with Crippen molar-refractivity contribution in [2.24, 2.45) is 0 Å². The van der Waals surface area contributed by atoms with Crippen LogP contribution in [0.2, 0.25) is 0 Å². The van der Waals surface area contributed by atoms with Crippen molar-refractivity contribution in [2.45, 2.75) is 6.18 Å². The largest absolute Gasteiger partial charge is 0.418 e. The smallest absolute Gasteiger partial charge is 0.348 e. The molecule has 1 amide bonds. The Morgan fingerprint density at radius 2 is 1.85 bits per heavy atom. The number of hydrogen-bond donors (Lipinski definition) is 2. The molecule has 0 aliphatic heterocycles.